The van der Waals surface area contributed by atoms with Gasteiger partial charge in [-0.2, -0.15) is 0 Å². The second-order valence-corrected chi connectivity index (χ2v) is 6.02. The van der Waals surface area contributed by atoms with Gasteiger partial charge in [0.1, 0.15) is 5.75 Å². The van der Waals surface area contributed by atoms with Crippen LogP contribution in [0.2, 0.25) is 0 Å². The van der Waals surface area contributed by atoms with E-state index >= 15 is 0 Å². The Kier molecular flexibility index (Phi) is 7.77. The van der Waals surface area contributed by atoms with Gasteiger partial charge in [-0.15, -0.1) is 0 Å². The van der Waals surface area contributed by atoms with Gasteiger partial charge >= 0.3 is 0 Å². The third kappa shape index (κ3) is 6.46. The van der Waals surface area contributed by atoms with E-state index in [1.165, 1.54) is 22.8 Å². The molecule has 0 bridgehead atoms. The van der Waals surface area contributed by atoms with Crippen LogP contribution in [0.3, 0.4) is 0 Å². The predicted octanol–water partition coefficient (Wildman–Crippen LogP) is 4.77. The van der Waals surface area contributed by atoms with Gasteiger partial charge in [0, 0.05) is 6.54 Å². The topological polar surface area (TPSA) is 38.3 Å². The maximum absolute atomic E-state index is 11.1. The molecule has 132 valence electrons. The number of benzene rings is 2. The minimum atomic E-state index is -0.113. The summed E-state index contributed by atoms with van der Waals surface area (Å²) in [7, 11) is 0. The summed E-state index contributed by atoms with van der Waals surface area (Å²) >= 11 is 0. The molecule has 0 fully saturated rings. The molecule has 0 unspecified atom stereocenters. The number of hydrogen-bond acceptors (Lipinski definition) is 2. The molecule has 0 heterocycles. The van der Waals surface area contributed by atoms with Gasteiger partial charge < -0.3 is 10.1 Å². The summed E-state index contributed by atoms with van der Waals surface area (Å²) in [5.74, 6) is 0.813. The summed E-state index contributed by atoms with van der Waals surface area (Å²) in [6.45, 7) is 7.05. The third-order valence-corrected chi connectivity index (χ3v) is 4.04. The van der Waals surface area contributed by atoms with E-state index in [1.54, 1.807) is 0 Å². The monoisotopic (exact) mass is 337 g/mol. The lowest BCUT2D eigenvalue weighted by Crippen LogP contribution is -2.22. The van der Waals surface area contributed by atoms with Crippen LogP contribution in [-0.4, -0.2) is 19.1 Å². The number of ether oxygens (including phenoxy) is 1. The molecule has 1 N–H and O–H groups in total. The van der Waals surface area contributed by atoms with Gasteiger partial charge in [0.25, 0.3) is 0 Å². The van der Waals surface area contributed by atoms with Crippen molar-refractivity contribution in [2.24, 2.45) is 0 Å². The molecule has 25 heavy (non-hydrogen) atoms. The van der Waals surface area contributed by atoms with Crippen molar-refractivity contribution >= 4 is 5.91 Å². The first kappa shape index (κ1) is 18.8. The number of carbonyl (C=O) groups is 1. The molecule has 0 aromatic heterocycles. The molecule has 3 nitrogen and oxygen atoms in total. The van der Waals surface area contributed by atoms with E-state index in [2.05, 4.69) is 55.2 Å². The predicted molar refractivity (Wildman–Crippen MR) is 104 cm³/mol. The van der Waals surface area contributed by atoms with E-state index < -0.39 is 0 Å². The second kappa shape index (κ2) is 10.3. The van der Waals surface area contributed by atoms with Crippen molar-refractivity contribution < 1.29 is 9.53 Å². The molecule has 0 aliphatic rings. The molecule has 0 saturated heterocycles. The Morgan fingerprint density at radius 2 is 1.68 bits per heavy atom. The van der Waals surface area contributed by atoms with Gasteiger partial charge in [-0.3, -0.25) is 4.79 Å². The first-order valence-corrected chi connectivity index (χ1v) is 8.95. The van der Waals surface area contributed by atoms with Crippen LogP contribution in [0.15, 0.2) is 61.2 Å². The molecule has 0 aliphatic heterocycles. The normalized spacial score (nSPS) is 10.3. The summed E-state index contributed by atoms with van der Waals surface area (Å²) in [4.78, 5) is 11.1. The van der Waals surface area contributed by atoms with Crippen molar-refractivity contribution in [1.82, 2.24) is 5.32 Å². The van der Waals surface area contributed by atoms with Crippen molar-refractivity contribution in [3.63, 3.8) is 0 Å². The summed E-state index contributed by atoms with van der Waals surface area (Å²) in [5.41, 5.74) is 3.66. The fraction of sp³-hybridized carbons (Fsp3) is 0.318. The third-order valence-electron chi connectivity index (χ3n) is 4.04. The summed E-state index contributed by atoms with van der Waals surface area (Å²) in [5, 5.41) is 2.79. The number of amides is 1. The quantitative estimate of drug-likeness (QED) is 0.501. The highest BCUT2D eigenvalue weighted by molar-refractivity contribution is 5.86. The van der Waals surface area contributed by atoms with E-state index in [9.17, 15) is 4.79 Å². The average Bonchev–Trinajstić information content (AvgIpc) is 2.66. The summed E-state index contributed by atoms with van der Waals surface area (Å²) in [6.07, 6.45) is 5.39. The van der Waals surface area contributed by atoms with Crippen LogP contribution in [-0.2, 0) is 11.2 Å². The molecule has 0 atom stereocenters. The SMILES string of the molecule is C=CC(=O)NCCCc1ccc(-c2ccc(OCCCC)cc2)cc1. The Morgan fingerprint density at radius 1 is 1.04 bits per heavy atom. The van der Waals surface area contributed by atoms with Crippen molar-refractivity contribution in [1.29, 1.82) is 0 Å². The molecule has 1 amide bonds. The summed E-state index contributed by atoms with van der Waals surface area (Å²) in [6, 6.07) is 16.8. The molecule has 3 heteroatoms. The van der Waals surface area contributed by atoms with E-state index in [4.69, 9.17) is 4.74 Å². The van der Waals surface area contributed by atoms with Crippen LogP contribution in [0, 0.1) is 0 Å². The smallest absolute Gasteiger partial charge is 0.243 e. The molecule has 2 aromatic rings. The zero-order valence-corrected chi connectivity index (χ0v) is 15.0. The van der Waals surface area contributed by atoms with Gasteiger partial charge in [-0.25, -0.2) is 0 Å². The maximum atomic E-state index is 11.1. The van der Waals surface area contributed by atoms with E-state index in [0.29, 0.717) is 6.54 Å². The van der Waals surface area contributed by atoms with Crippen molar-refractivity contribution in [2.45, 2.75) is 32.6 Å². The Morgan fingerprint density at radius 3 is 2.28 bits per heavy atom. The maximum Gasteiger partial charge on any atom is 0.243 e. The standard InChI is InChI=1S/C22H27NO2/c1-3-5-17-25-21-14-12-20(13-15-21)19-10-8-18(9-11-19)7-6-16-23-22(24)4-2/h4,8-15H,2-3,5-7,16-17H2,1H3,(H,23,24). The molecule has 0 aliphatic carbocycles. The van der Waals surface area contributed by atoms with Crippen LogP contribution >= 0.6 is 0 Å². The molecular weight excluding hydrogens is 310 g/mol. The second-order valence-electron chi connectivity index (χ2n) is 6.02. The zero-order valence-electron chi connectivity index (χ0n) is 15.0. The highest BCUT2D eigenvalue weighted by atomic mass is 16.5. The zero-order chi connectivity index (χ0) is 17.9. The van der Waals surface area contributed by atoms with Crippen molar-refractivity contribution in [2.75, 3.05) is 13.2 Å². The van der Waals surface area contributed by atoms with E-state index in [0.717, 1.165) is 38.0 Å². The van der Waals surface area contributed by atoms with E-state index in [1.807, 2.05) is 12.1 Å². The van der Waals surface area contributed by atoms with Gasteiger partial charge in [-0.1, -0.05) is 56.3 Å². The number of hydrogen-bond donors (Lipinski definition) is 1. The number of unbranched alkanes of at least 4 members (excludes halogenated alkanes) is 1. The fourth-order valence-electron chi connectivity index (χ4n) is 2.52. The highest BCUT2D eigenvalue weighted by Crippen LogP contribution is 2.23. The molecule has 2 rings (SSSR count). The Balaban J connectivity index is 1.84. The lowest BCUT2D eigenvalue weighted by Gasteiger charge is -2.08. The first-order valence-electron chi connectivity index (χ1n) is 8.95. The minimum Gasteiger partial charge on any atom is -0.494 e. The largest absolute Gasteiger partial charge is 0.494 e. The minimum absolute atomic E-state index is 0.113. The summed E-state index contributed by atoms with van der Waals surface area (Å²) < 4.78 is 5.70. The number of aryl methyl sites for hydroxylation is 1. The molecular formula is C22H27NO2. The molecule has 0 spiro atoms. The molecule has 0 saturated carbocycles. The number of nitrogens with one attached hydrogen (secondary N) is 1. The van der Waals surface area contributed by atoms with Gasteiger partial charge in [0.05, 0.1) is 6.61 Å². The number of rotatable bonds is 10. The van der Waals surface area contributed by atoms with E-state index in [-0.39, 0.29) is 5.91 Å². The van der Waals surface area contributed by atoms with Crippen LogP contribution < -0.4 is 10.1 Å². The Labute approximate surface area is 150 Å². The lowest BCUT2D eigenvalue weighted by atomic mass is 10.0. The molecule has 0 radical (unpaired) electrons. The fourth-order valence-corrected chi connectivity index (χ4v) is 2.52. The van der Waals surface area contributed by atoms with Crippen LogP contribution in [0.1, 0.15) is 31.7 Å². The average molecular weight is 337 g/mol. The van der Waals surface area contributed by atoms with Crippen LogP contribution in [0.4, 0.5) is 0 Å². The van der Waals surface area contributed by atoms with Crippen molar-refractivity contribution in [3.05, 3.63) is 66.7 Å². The highest BCUT2D eigenvalue weighted by Gasteiger charge is 2.01. The van der Waals surface area contributed by atoms with Gasteiger partial charge in [-0.05, 0) is 54.2 Å². The first-order chi connectivity index (χ1) is 12.2. The number of carbonyl (C=O) groups excluding carboxylic acids is 1. The molecule has 2 aromatic carbocycles. The van der Waals surface area contributed by atoms with Gasteiger partial charge in [0.2, 0.25) is 5.91 Å². The lowest BCUT2D eigenvalue weighted by molar-refractivity contribution is -0.116. The van der Waals surface area contributed by atoms with Crippen molar-refractivity contribution in [3.8, 4) is 16.9 Å². The Bertz CT molecular complexity index is 659. The van der Waals surface area contributed by atoms with Crippen LogP contribution in [0.25, 0.3) is 11.1 Å². The Hall–Kier alpha value is -2.55. The van der Waals surface area contributed by atoms with Crippen LogP contribution in [0.5, 0.6) is 5.75 Å². The van der Waals surface area contributed by atoms with Gasteiger partial charge in [0.15, 0.2) is 0 Å².